The van der Waals surface area contributed by atoms with E-state index in [9.17, 15) is 0 Å². The number of hydrogen-bond donors (Lipinski definition) is 2. The van der Waals surface area contributed by atoms with E-state index in [1.165, 1.54) is 5.39 Å². The van der Waals surface area contributed by atoms with Gasteiger partial charge in [-0.2, -0.15) is 5.10 Å². The van der Waals surface area contributed by atoms with Crippen molar-refractivity contribution in [3.8, 4) is 0 Å². The van der Waals surface area contributed by atoms with E-state index >= 15 is 0 Å². The highest BCUT2D eigenvalue weighted by Crippen LogP contribution is 2.26. The first kappa shape index (κ1) is 13.5. The third-order valence-electron chi connectivity index (χ3n) is 3.77. The molecule has 112 valence electrons. The van der Waals surface area contributed by atoms with Crippen molar-refractivity contribution >= 4 is 39.5 Å². The molecule has 0 amide bonds. The van der Waals surface area contributed by atoms with Crippen molar-refractivity contribution in [1.82, 2.24) is 15.2 Å². The van der Waals surface area contributed by atoms with Gasteiger partial charge in [-0.3, -0.25) is 15.1 Å². The van der Waals surface area contributed by atoms with Crippen LogP contribution in [0.25, 0.3) is 21.8 Å². The maximum atomic E-state index is 4.36. The van der Waals surface area contributed by atoms with Crippen LogP contribution in [-0.4, -0.2) is 28.4 Å². The molecular formula is C18H15N5. The van der Waals surface area contributed by atoms with Crippen LogP contribution >= 0.6 is 0 Å². The molecule has 23 heavy (non-hydrogen) atoms. The molecule has 4 aromatic rings. The van der Waals surface area contributed by atoms with Crippen LogP contribution in [0.3, 0.4) is 0 Å². The molecule has 0 spiro atoms. The van der Waals surface area contributed by atoms with Gasteiger partial charge in [0.2, 0.25) is 0 Å². The fraction of sp³-hybridized carbons (Fsp3) is 0.0556. The maximum Gasteiger partial charge on any atom is 0.178 e. The summed E-state index contributed by atoms with van der Waals surface area (Å²) in [6.07, 6.45) is 3.64. The summed E-state index contributed by atoms with van der Waals surface area (Å²) in [5.74, 6) is 0.728. The number of nitrogens with zero attached hydrogens (tertiary/aromatic N) is 3. The molecule has 0 saturated heterocycles. The van der Waals surface area contributed by atoms with Gasteiger partial charge in [0.25, 0.3) is 0 Å². The van der Waals surface area contributed by atoms with Crippen LogP contribution in [-0.2, 0) is 0 Å². The highest BCUT2D eigenvalue weighted by Gasteiger charge is 2.07. The molecule has 0 aliphatic carbocycles. The first-order chi connectivity index (χ1) is 11.3. The lowest BCUT2D eigenvalue weighted by Gasteiger charge is -2.07. The first-order valence-corrected chi connectivity index (χ1v) is 7.36. The van der Waals surface area contributed by atoms with Crippen LogP contribution < -0.4 is 5.32 Å². The molecule has 0 fully saturated rings. The molecule has 0 radical (unpaired) electrons. The second-order valence-electron chi connectivity index (χ2n) is 5.27. The van der Waals surface area contributed by atoms with Crippen molar-refractivity contribution in [1.29, 1.82) is 0 Å². The third kappa shape index (κ3) is 2.42. The molecule has 0 aliphatic rings. The van der Waals surface area contributed by atoms with E-state index in [0.717, 1.165) is 33.5 Å². The Morgan fingerprint density at radius 1 is 1.13 bits per heavy atom. The first-order valence-electron chi connectivity index (χ1n) is 7.36. The fourth-order valence-corrected chi connectivity index (χ4v) is 2.72. The Kier molecular flexibility index (Phi) is 3.24. The van der Waals surface area contributed by atoms with Crippen molar-refractivity contribution in [2.24, 2.45) is 4.99 Å². The van der Waals surface area contributed by atoms with E-state index in [-0.39, 0.29) is 0 Å². The normalized spacial score (nSPS) is 11.5. The monoisotopic (exact) mass is 301 g/mol. The number of aliphatic imine (C=N–C) groups is 1. The van der Waals surface area contributed by atoms with E-state index in [0.29, 0.717) is 0 Å². The molecule has 2 heterocycles. The summed E-state index contributed by atoms with van der Waals surface area (Å²) in [7, 11) is 1.78. The van der Waals surface area contributed by atoms with Gasteiger partial charge in [-0.15, -0.1) is 0 Å². The number of fused-ring (bicyclic) bond motifs is 2. The minimum absolute atomic E-state index is 0.728. The van der Waals surface area contributed by atoms with Gasteiger partial charge in [0.1, 0.15) is 5.52 Å². The summed E-state index contributed by atoms with van der Waals surface area (Å²) in [5, 5.41) is 12.9. The zero-order chi connectivity index (χ0) is 15.6. The highest BCUT2D eigenvalue weighted by molar-refractivity contribution is 6.01. The molecule has 0 saturated carbocycles. The van der Waals surface area contributed by atoms with Crippen LogP contribution in [0.15, 0.2) is 59.7 Å². The van der Waals surface area contributed by atoms with Crippen molar-refractivity contribution in [3.63, 3.8) is 0 Å². The average Bonchev–Trinajstić information content (AvgIpc) is 2.98. The van der Waals surface area contributed by atoms with E-state index < -0.39 is 0 Å². The van der Waals surface area contributed by atoms with Crippen molar-refractivity contribution < 1.29 is 0 Å². The zero-order valence-electron chi connectivity index (χ0n) is 12.6. The van der Waals surface area contributed by atoms with Gasteiger partial charge in [0.05, 0.1) is 5.52 Å². The van der Waals surface area contributed by atoms with Crippen LogP contribution in [0.2, 0.25) is 0 Å². The molecule has 0 aliphatic heterocycles. The Morgan fingerprint density at radius 2 is 2.09 bits per heavy atom. The lowest BCUT2D eigenvalue weighted by Crippen LogP contribution is -1.93. The number of hydrogen-bond acceptors (Lipinski definition) is 4. The maximum absolute atomic E-state index is 4.36. The second-order valence-corrected chi connectivity index (χ2v) is 5.27. The molecule has 2 N–H and O–H groups in total. The molecule has 2 aromatic heterocycles. The standard InChI is InChI=1S/C18H15N5/c1-19-11-13-5-2-4-12-10-14(7-8-15(12)13)21-18-17-16(22-23-18)6-3-9-20-17/h2-11H,1H3,(H2,21,22,23). The molecule has 5 nitrogen and oxygen atoms in total. The van der Waals surface area contributed by atoms with Gasteiger partial charge >= 0.3 is 0 Å². The SMILES string of the molecule is CN=Cc1cccc2cc(Nc3n[nH]c4cccnc34)ccc12. The predicted molar refractivity (Wildman–Crippen MR) is 94.6 cm³/mol. The van der Waals surface area contributed by atoms with E-state index in [1.807, 2.05) is 30.5 Å². The molecule has 2 aromatic carbocycles. The lowest BCUT2D eigenvalue weighted by atomic mass is 10.0. The van der Waals surface area contributed by atoms with Crippen LogP contribution in [0.5, 0.6) is 0 Å². The molecular weight excluding hydrogens is 286 g/mol. The minimum Gasteiger partial charge on any atom is -0.337 e. The summed E-state index contributed by atoms with van der Waals surface area (Å²) >= 11 is 0. The van der Waals surface area contributed by atoms with E-state index in [2.05, 4.69) is 49.8 Å². The minimum atomic E-state index is 0.728. The second kappa shape index (κ2) is 5.53. The number of pyridine rings is 1. The van der Waals surface area contributed by atoms with Crippen molar-refractivity contribution in [3.05, 3.63) is 60.3 Å². The Bertz CT molecular complexity index is 1020. The summed E-state index contributed by atoms with van der Waals surface area (Å²) in [5.41, 5.74) is 3.84. The Morgan fingerprint density at radius 3 is 3.00 bits per heavy atom. The van der Waals surface area contributed by atoms with E-state index in [1.54, 1.807) is 13.2 Å². The lowest BCUT2D eigenvalue weighted by molar-refractivity contribution is 1.12. The average molecular weight is 301 g/mol. The number of aromatic amines is 1. The number of benzene rings is 2. The molecule has 0 bridgehead atoms. The van der Waals surface area contributed by atoms with Gasteiger partial charge < -0.3 is 5.32 Å². The predicted octanol–water partition coefficient (Wildman–Crippen LogP) is 3.90. The number of anilines is 2. The highest BCUT2D eigenvalue weighted by atomic mass is 15.2. The molecule has 5 heteroatoms. The number of aromatic nitrogens is 3. The molecule has 4 rings (SSSR count). The Balaban J connectivity index is 1.75. The fourth-order valence-electron chi connectivity index (χ4n) is 2.72. The van der Waals surface area contributed by atoms with Crippen molar-refractivity contribution in [2.75, 3.05) is 12.4 Å². The number of nitrogens with one attached hydrogen (secondary N) is 2. The summed E-state index contributed by atoms with van der Waals surface area (Å²) in [6.45, 7) is 0. The molecule has 0 unspecified atom stereocenters. The van der Waals surface area contributed by atoms with Crippen LogP contribution in [0.1, 0.15) is 5.56 Å². The van der Waals surface area contributed by atoms with Gasteiger partial charge in [-0.05, 0) is 35.0 Å². The topological polar surface area (TPSA) is 66.0 Å². The van der Waals surface area contributed by atoms with Crippen molar-refractivity contribution in [2.45, 2.75) is 0 Å². The summed E-state index contributed by atoms with van der Waals surface area (Å²) in [6, 6.07) is 16.3. The Hall–Kier alpha value is -3.21. The van der Waals surface area contributed by atoms with Gasteiger partial charge in [0.15, 0.2) is 5.82 Å². The van der Waals surface area contributed by atoms with Gasteiger partial charge in [-0.1, -0.05) is 24.3 Å². The zero-order valence-corrected chi connectivity index (χ0v) is 12.6. The smallest absolute Gasteiger partial charge is 0.178 e. The summed E-state index contributed by atoms with van der Waals surface area (Å²) in [4.78, 5) is 8.47. The van der Waals surface area contributed by atoms with Crippen LogP contribution in [0, 0.1) is 0 Å². The third-order valence-corrected chi connectivity index (χ3v) is 3.77. The molecule has 0 atom stereocenters. The number of rotatable bonds is 3. The Labute approximate surface area is 133 Å². The van der Waals surface area contributed by atoms with Crippen LogP contribution in [0.4, 0.5) is 11.5 Å². The largest absolute Gasteiger partial charge is 0.337 e. The number of H-pyrrole nitrogens is 1. The quantitative estimate of drug-likeness (QED) is 0.564. The van der Waals surface area contributed by atoms with Gasteiger partial charge in [-0.25, -0.2) is 0 Å². The summed E-state index contributed by atoms with van der Waals surface area (Å²) < 4.78 is 0. The van der Waals surface area contributed by atoms with Gasteiger partial charge in [0, 0.05) is 30.7 Å². The van der Waals surface area contributed by atoms with E-state index in [4.69, 9.17) is 0 Å².